The summed E-state index contributed by atoms with van der Waals surface area (Å²) >= 11 is 0. The molecule has 6 heteroatoms. The second-order valence-corrected chi connectivity index (χ2v) is 5.16. The van der Waals surface area contributed by atoms with E-state index in [1.165, 1.54) is 24.3 Å². The van der Waals surface area contributed by atoms with Gasteiger partial charge in [-0.05, 0) is 37.1 Å². The van der Waals surface area contributed by atoms with Gasteiger partial charge in [0.1, 0.15) is 0 Å². The van der Waals surface area contributed by atoms with E-state index >= 15 is 0 Å². The van der Waals surface area contributed by atoms with Crippen molar-refractivity contribution in [2.24, 2.45) is 0 Å². The Balaban J connectivity index is 2.46. The molecule has 1 amide bonds. The zero-order valence-electron chi connectivity index (χ0n) is 13.5. The molecule has 0 aliphatic heterocycles. The average Bonchev–Trinajstić information content (AvgIpc) is 2.55. The molecule has 120 valence electrons. The average molecular weight is 314 g/mol. The molecule has 0 fully saturated rings. The smallest absolute Gasteiger partial charge is 0.337 e. The van der Waals surface area contributed by atoms with Crippen LogP contribution < -0.4 is 9.64 Å². The highest BCUT2D eigenvalue weighted by molar-refractivity contribution is 6.09. The third-order valence-corrected chi connectivity index (χ3v) is 3.76. The Kier molecular flexibility index (Phi) is 4.64. The number of hydrogen-bond acceptors (Lipinski definition) is 4. The number of carboxylic acid groups (broad SMARTS) is 1. The van der Waals surface area contributed by atoms with Crippen LogP contribution in [-0.4, -0.2) is 36.1 Å². The summed E-state index contributed by atoms with van der Waals surface area (Å²) in [5.41, 5.74) is 2.49. The van der Waals surface area contributed by atoms with E-state index < -0.39 is 5.97 Å². The SMILES string of the molecule is COc1ccc(C(=O)N(C)c2c(C(=O)O)ccc(C)c2C)cn1. The summed E-state index contributed by atoms with van der Waals surface area (Å²) in [6, 6.07) is 6.42. The minimum Gasteiger partial charge on any atom is -0.481 e. The van der Waals surface area contributed by atoms with Gasteiger partial charge in [-0.2, -0.15) is 0 Å². The van der Waals surface area contributed by atoms with E-state index in [0.717, 1.165) is 11.1 Å². The Morgan fingerprint density at radius 2 is 1.87 bits per heavy atom. The summed E-state index contributed by atoms with van der Waals surface area (Å²) in [5.74, 6) is -1.01. The summed E-state index contributed by atoms with van der Waals surface area (Å²) in [5, 5.41) is 9.38. The number of aryl methyl sites for hydroxylation is 1. The third-order valence-electron chi connectivity index (χ3n) is 3.76. The van der Waals surface area contributed by atoms with Gasteiger partial charge >= 0.3 is 5.97 Å². The molecule has 0 radical (unpaired) electrons. The summed E-state index contributed by atoms with van der Waals surface area (Å²) in [6.07, 6.45) is 1.41. The molecule has 0 saturated heterocycles. The first-order valence-corrected chi connectivity index (χ1v) is 6.98. The van der Waals surface area contributed by atoms with Gasteiger partial charge in [-0.3, -0.25) is 4.79 Å². The molecule has 0 bridgehead atoms. The van der Waals surface area contributed by atoms with Crippen LogP contribution in [0.25, 0.3) is 0 Å². The highest BCUT2D eigenvalue weighted by Gasteiger charge is 2.22. The van der Waals surface area contributed by atoms with Crippen molar-refractivity contribution in [1.29, 1.82) is 0 Å². The van der Waals surface area contributed by atoms with Gasteiger partial charge in [0.25, 0.3) is 5.91 Å². The van der Waals surface area contributed by atoms with Gasteiger partial charge in [0, 0.05) is 19.3 Å². The van der Waals surface area contributed by atoms with Gasteiger partial charge in [-0.25, -0.2) is 9.78 Å². The van der Waals surface area contributed by atoms with Crippen LogP contribution in [0.1, 0.15) is 31.8 Å². The number of ether oxygens (including phenoxy) is 1. The first kappa shape index (κ1) is 16.5. The number of anilines is 1. The number of rotatable bonds is 4. The lowest BCUT2D eigenvalue weighted by atomic mass is 10.0. The largest absolute Gasteiger partial charge is 0.481 e. The summed E-state index contributed by atoms with van der Waals surface area (Å²) in [6.45, 7) is 3.67. The molecule has 23 heavy (non-hydrogen) atoms. The van der Waals surface area contributed by atoms with Gasteiger partial charge in [-0.1, -0.05) is 6.07 Å². The van der Waals surface area contributed by atoms with Crippen LogP contribution in [0.3, 0.4) is 0 Å². The molecular weight excluding hydrogens is 296 g/mol. The number of aromatic carboxylic acids is 1. The molecule has 0 spiro atoms. The lowest BCUT2D eigenvalue weighted by Crippen LogP contribution is -2.29. The summed E-state index contributed by atoms with van der Waals surface area (Å²) in [4.78, 5) is 29.4. The minimum atomic E-state index is -1.07. The topological polar surface area (TPSA) is 79.7 Å². The second-order valence-electron chi connectivity index (χ2n) is 5.16. The highest BCUT2D eigenvalue weighted by atomic mass is 16.5. The van der Waals surface area contributed by atoms with E-state index in [0.29, 0.717) is 17.1 Å². The summed E-state index contributed by atoms with van der Waals surface area (Å²) < 4.78 is 4.97. The number of pyridine rings is 1. The molecule has 1 aromatic heterocycles. The quantitative estimate of drug-likeness (QED) is 0.938. The number of benzene rings is 1. The fourth-order valence-electron chi connectivity index (χ4n) is 2.33. The molecule has 2 aromatic rings. The van der Waals surface area contributed by atoms with Crippen molar-refractivity contribution in [3.63, 3.8) is 0 Å². The van der Waals surface area contributed by atoms with Crippen molar-refractivity contribution in [2.45, 2.75) is 13.8 Å². The Morgan fingerprint density at radius 1 is 1.17 bits per heavy atom. The first-order chi connectivity index (χ1) is 10.9. The van der Waals surface area contributed by atoms with Crippen molar-refractivity contribution >= 4 is 17.6 Å². The predicted octanol–water partition coefficient (Wildman–Crippen LogP) is 2.68. The number of carbonyl (C=O) groups is 2. The van der Waals surface area contributed by atoms with Gasteiger partial charge in [0.05, 0.1) is 23.9 Å². The van der Waals surface area contributed by atoms with Crippen LogP contribution in [0.4, 0.5) is 5.69 Å². The maximum absolute atomic E-state index is 12.6. The van der Waals surface area contributed by atoms with Crippen LogP contribution in [0.2, 0.25) is 0 Å². The third kappa shape index (κ3) is 3.15. The molecule has 1 N–H and O–H groups in total. The molecule has 0 unspecified atom stereocenters. The molecule has 2 rings (SSSR count). The highest BCUT2D eigenvalue weighted by Crippen LogP contribution is 2.28. The lowest BCUT2D eigenvalue weighted by Gasteiger charge is -2.22. The number of methoxy groups -OCH3 is 1. The van der Waals surface area contributed by atoms with Gasteiger partial charge in [0.2, 0.25) is 5.88 Å². The van der Waals surface area contributed by atoms with E-state index in [4.69, 9.17) is 4.74 Å². The number of carbonyl (C=O) groups excluding carboxylic acids is 1. The fourth-order valence-corrected chi connectivity index (χ4v) is 2.33. The molecule has 1 heterocycles. The first-order valence-electron chi connectivity index (χ1n) is 6.98. The van der Waals surface area contributed by atoms with E-state index in [9.17, 15) is 14.7 Å². The van der Waals surface area contributed by atoms with Crippen LogP contribution in [0.5, 0.6) is 5.88 Å². The van der Waals surface area contributed by atoms with Crippen molar-refractivity contribution in [2.75, 3.05) is 19.1 Å². The maximum Gasteiger partial charge on any atom is 0.337 e. The Bertz CT molecular complexity index is 754. The van der Waals surface area contributed by atoms with Crippen molar-refractivity contribution in [3.8, 4) is 5.88 Å². The van der Waals surface area contributed by atoms with Crippen LogP contribution in [0.15, 0.2) is 30.5 Å². The minimum absolute atomic E-state index is 0.0884. The lowest BCUT2D eigenvalue weighted by molar-refractivity contribution is 0.0697. The number of hydrogen-bond donors (Lipinski definition) is 1. The standard InChI is InChI=1S/C17H18N2O4/c1-10-5-7-13(17(21)22)15(11(10)2)19(3)16(20)12-6-8-14(23-4)18-9-12/h5-9H,1-4H3,(H,21,22). The van der Waals surface area contributed by atoms with Gasteiger partial charge < -0.3 is 14.7 Å². The Hall–Kier alpha value is -2.89. The molecule has 0 atom stereocenters. The van der Waals surface area contributed by atoms with Crippen molar-refractivity contribution in [1.82, 2.24) is 4.98 Å². The molecule has 1 aromatic carbocycles. The zero-order valence-corrected chi connectivity index (χ0v) is 13.5. The molecule has 6 nitrogen and oxygen atoms in total. The predicted molar refractivity (Wildman–Crippen MR) is 86.4 cm³/mol. The maximum atomic E-state index is 12.6. The molecule has 0 saturated carbocycles. The fraction of sp³-hybridized carbons (Fsp3) is 0.235. The van der Waals surface area contributed by atoms with Crippen LogP contribution in [-0.2, 0) is 0 Å². The number of amides is 1. The Morgan fingerprint density at radius 3 is 2.39 bits per heavy atom. The van der Waals surface area contributed by atoms with Crippen molar-refractivity contribution in [3.05, 3.63) is 52.7 Å². The zero-order chi connectivity index (χ0) is 17.1. The monoisotopic (exact) mass is 314 g/mol. The molecule has 0 aliphatic rings. The van der Waals surface area contributed by atoms with Crippen LogP contribution >= 0.6 is 0 Å². The van der Waals surface area contributed by atoms with E-state index in [1.807, 2.05) is 6.92 Å². The van der Waals surface area contributed by atoms with E-state index in [1.54, 1.807) is 32.2 Å². The van der Waals surface area contributed by atoms with Gasteiger partial charge in [-0.15, -0.1) is 0 Å². The molecule has 0 aliphatic carbocycles. The van der Waals surface area contributed by atoms with Gasteiger partial charge in [0.15, 0.2) is 0 Å². The summed E-state index contributed by atoms with van der Waals surface area (Å²) in [7, 11) is 3.05. The second kappa shape index (κ2) is 6.48. The van der Waals surface area contributed by atoms with E-state index in [-0.39, 0.29) is 11.5 Å². The van der Waals surface area contributed by atoms with Crippen LogP contribution in [0, 0.1) is 13.8 Å². The number of carboxylic acids is 1. The number of nitrogens with zero attached hydrogens (tertiary/aromatic N) is 2. The van der Waals surface area contributed by atoms with Crippen molar-refractivity contribution < 1.29 is 19.4 Å². The Labute approximate surface area is 134 Å². The molecular formula is C17H18N2O4. The van der Waals surface area contributed by atoms with E-state index in [2.05, 4.69) is 4.98 Å². The number of aromatic nitrogens is 1. The normalized spacial score (nSPS) is 10.3.